The van der Waals surface area contributed by atoms with Gasteiger partial charge in [0.05, 0.1) is 19.8 Å². The highest BCUT2D eigenvalue weighted by Gasteiger charge is 2.14. The molecule has 0 atom stereocenters. The number of nitrogens with one attached hydrogen (secondary N) is 1. The summed E-state index contributed by atoms with van der Waals surface area (Å²) < 4.78 is 11.0. The van der Waals surface area contributed by atoms with Gasteiger partial charge in [-0.2, -0.15) is 0 Å². The molecular formula is C13H19NO2. The van der Waals surface area contributed by atoms with Crippen LogP contribution in [0.1, 0.15) is 17.5 Å². The van der Waals surface area contributed by atoms with Crippen molar-refractivity contribution in [2.45, 2.75) is 26.6 Å². The Labute approximate surface area is 96.8 Å². The molecule has 1 heterocycles. The van der Waals surface area contributed by atoms with E-state index >= 15 is 0 Å². The first-order chi connectivity index (χ1) is 7.77. The highest BCUT2D eigenvalue weighted by atomic mass is 16.7. The second kappa shape index (κ2) is 5.32. The van der Waals surface area contributed by atoms with Gasteiger partial charge in [-0.25, -0.2) is 0 Å². The molecule has 0 amide bonds. The van der Waals surface area contributed by atoms with Crippen LogP contribution in [0.15, 0.2) is 18.2 Å². The van der Waals surface area contributed by atoms with Gasteiger partial charge in [0.1, 0.15) is 0 Å². The fourth-order valence-corrected chi connectivity index (χ4v) is 1.93. The summed E-state index contributed by atoms with van der Waals surface area (Å²) in [5.74, 6) is 0. The summed E-state index contributed by atoms with van der Waals surface area (Å²) in [4.78, 5) is 0. The molecule has 0 radical (unpaired) electrons. The Bertz CT molecular complexity index is 326. The van der Waals surface area contributed by atoms with Crippen LogP contribution in [-0.2, 0) is 9.47 Å². The SMILES string of the molecule is Cc1cccc(C)c1NCC1OCCCO1. The van der Waals surface area contributed by atoms with Gasteiger partial charge in [0.15, 0.2) is 6.29 Å². The van der Waals surface area contributed by atoms with Crippen LogP contribution in [0, 0.1) is 13.8 Å². The third-order valence-corrected chi connectivity index (χ3v) is 2.82. The summed E-state index contributed by atoms with van der Waals surface area (Å²) in [6, 6.07) is 6.29. The van der Waals surface area contributed by atoms with E-state index in [1.165, 1.54) is 16.8 Å². The van der Waals surface area contributed by atoms with E-state index in [9.17, 15) is 0 Å². The molecule has 3 nitrogen and oxygen atoms in total. The van der Waals surface area contributed by atoms with Crippen molar-refractivity contribution < 1.29 is 9.47 Å². The van der Waals surface area contributed by atoms with Gasteiger partial charge in [-0.05, 0) is 31.4 Å². The van der Waals surface area contributed by atoms with Crippen molar-refractivity contribution in [2.24, 2.45) is 0 Å². The van der Waals surface area contributed by atoms with Crippen LogP contribution in [0.25, 0.3) is 0 Å². The van der Waals surface area contributed by atoms with Crippen LogP contribution in [0.4, 0.5) is 5.69 Å². The lowest BCUT2D eigenvalue weighted by Crippen LogP contribution is -2.31. The molecule has 1 fully saturated rings. The molecule has 16 heavy (non-hydrogen) atoms. The van der Waals surface area contributed by atoms with Crippen molar-refractivity contribution in [1.82, 2.24) is 0 Å². The van der Waals surface area contributed by atoms with Crippen molar-refractivity contribution >= 4 is 5.69 Å². The molecule has 1 aromatic rings. The van der Waals surface area contributed by atoms with Gasteiger partial charge in [0.2, 0.25) is 0 Å². The Morgan fingerprint density at radius 3 is 2.44 bits per heavy atom. The minimum Gasteiger partial charge on any atom is -0.380 e. The van der Waals surface area contributed by atoms with E-state index < -0.39 is 0 Å². The fraction of sp³-hybridized carbons (Fsp3) is 0.538. The van der Waals surface area contributed by atoms with Crippen LogP contribution >= 0.6 is 0 Å². The second-order valence-electron chi connectivity index (χ2n) is 4.17. The summed E-state index contributed by atoms with van der Waals surface area (Å²) >= 11 is 0. The average Bonchev–Trinajstić information content (AvgIpc) is 2.30. The lowest BCUT2D eigenvalue weighted by Gasteiger charge is -2.24. The van der Waals surface area contributed by atoms with E-state index in [-0.39, 0.29) is 6.29 Å². The molecule has 1 saturated heterocycles. The lowest BCUT2D eigenvalue weighted by molar-refractivity contribution is -0.169. The third-order valence-electron chi connectivity index (χ3n) is 2.82. The van der Waals surface area contributed by atoms with Crippen LogP contribution in [0.2, 0.25) is 0 Å². The molecule has 2 rings (SSSR count). The number of rotatable bonds is 3. The molecule has 0 aliphatic carbocycles. The maximum Gasteiger partial charge on any atom is 0.174 e. The van der Waals surface area contributed by atoms with Gasteiger partial charge in [-0.15, -0.1) is 0 Å². The first kappa shape index (κ1) is 11.4. The van der Waals surface area contributed by atoms with E-state index in [1.54, 1.807) is 0 Å². The van der Waals surface area contributed by atoms with E-state index in [4.69, 9.17) is 9.47 Å². The van der Waals surface area contributed by atoms with Gasteiger partial charge in [0, 0.05) is 5.69 Å². The second-order valence-corrected chi connectivity index (χ2v) is 4.17. The van der Waals surface area contributed by atoms with E-state index in [0.717, 1.165) is 19.6 Å². The average molecular weight is 221 g/mol. The molecule has 0 spiro atoms. The molecule has 0 aromatic heterocycles. The molecule has 0 bridgehead atoms. The molecule has 1 N–H and O–H groups in total. The predicted octanol–water partition coefficient (Wildman–Crippen LogP) is 2.48. The van der Waals surface area contributed by atoms with Crippen LogP contribution in [0.5, 0.6) is 0 Å². The number of para-hydroxylation sites is 1. The zero-order chi connectivity index (χ0) is 11.4. The number of hydrogen-bond donors (Lipinski definition) is 1. The Balaban J connectivity index is 1.93. The van der Waals surface area contributed by atoms with Gasteiger partial charge >= 0.3 is 0 Å². The zero-order valence-corrected chi connectivity index (χ0v) is 9.95. The molecule has 0 unspecified atom stereocenters. The Morgan fingerprint density at radius 1 is 1.19 bits per heavy atom. The minimum absolute atomic E-state index is 0.104. The molecule has 3 heteroatoms. The van der Waals surface area contributed by atoms with Crippen LogP contribution in [0.3, 0.4) is 0 Å². The Kier molecular flexibility index (Phi) is 3.80. The lowest BCUT2D eigenvalue weighted by atomic mass is 10.1. The van der Waals surface area contributed by atoms with Crippen molar-refractivity contribution in [2.75, 3.05) is 25.1 Å². The smallest absolute Gasteiger partial charge is 0.174 e. The van der Waals surface area contributed by atoms with Crippen LogP contribution < -0.4 is 5.32 Å². The Morgan fingerprint density at radius 2 is 1.81 bits per heavy atom. The minimum atomic E-state index is -0.104. The van der Waals surface area contributed by atoms with Crippen molar-refractivity contribution in [3.63, 3.8) is 0 Å². The van der Waals surface area contributed by atoms with Gasteiger partial charge in [0.25, 0.3) is 0 Å². The quantitative estimate of drug-likeness (QED) is 0.850. The standard InChI is InChI=1S/C13H19NO2/c1-10-5-3-6-11(2)13(10)14-9-12-15-7-4-8-16-12/h3,5-6,12,14H,4,7-9H2,1-2H3. The zero-order valence-electron chi connectivity index (χ0n) is 9.95. The maximum atomic E-state index is 5.49. The van der Waals surface area contributed by atoms with E-state index in [1.807, 2.05) is 0 Å². The van der Waals surface area contributed by atoms with Crippen LogP contribution in [-0.4, -0.2) is 26.0 Å². The summed E-state index contributed by atoms with van der Waals surface area (Å²) in [7, 11) is 0. The number of anilines is 1. The first-order valence-corrected chi connectivity index (χ1v) is 5.80. The van der Waals surface area contributed by atoms with Gasteiger partial charge < -0.3 is 14.8 Å². The largest absolute Gasteiger partial charge is 0.380 e. The summed E-state index contributed by atoms with van der Waals surface area (Å²) in [6.45, 7) is 6.54. The van der Waals surface area contributed by atoms with Crippen molar-refractivity contribution in [1.29, 1.82) is 0 Å². The molecule has 88 valence electrons. The predicted molar refractivity (Wildman–Crippen MR) is 64.7 cm³/mol. The Hall–Kier alpha value is -1.06. The number of hydrogen-bond acceptors (Lipinski definition) is 3. The molecule has 0 saturated carbocycles. The molecule has 1 aliphatic heterocycles. The topological polar surface area (TPSA) is 30.5 Å². The highest BCUT2D eigenvalue weighted by molar-refractivity contribution is 5.56. The molecular weight excluding hydrogens is 202 g/mol. The molecule has 1 aromatic carbocycles. The first-order valence-electron chi connectivity index (χ1n) is 5.80. The fourth-order valence-electron chi connectivity index (χ4n) is 1.93. The number of aryl methyl sites for hydroxylation is 2. The summed E-state index contributed by atoms with van der Waals surface area (Å²) in [5, 5.41) is 3.40. The maximum absolute atomic E-state index is 5.49. The van der Waals surface area contributed by atoms with Crippen molar-refractivity contribution in [3.8, 4) is 0 Å². The monoisotopic (exact) mass is 221 g/mol. The number of ether oxygens (including phenoxy) is 2. The van der Waals surface area contributed by atoms with Gasteiger partial charge in [-0.1, -0.05) is 18.2 Å². The molecule has 1 aliphatic rings. The highest BCUT2D eigenvalue weighted by Crippen LogP contribution is 2.19. The van der Waals surface area contributed by atoms with E-state index in [0.29, 0.717) is 6.54 Å². The normalized spacial score (nSPS) is 17.4. The third kappa shape index (κ3) is 2.74. The summed E-state index contributed by atoms with van der Waals surface area (Å²) in [5.41, 5.74) is 3.71. The number of benzene rings is 1. The van der Waals surface area contributed by atoms with Crippen molar-refractivity contribution in [3.05, 3.63) is 29.3 Å². The van der Waals surface area contributed by atoms with E-state index in [2.05, 4.69) is 37.4 Å². The van der Waals surface area contributed by atoms with Gasteiger partial charge in [-0.3, -0.25) is 0 Å². The summed E-state index contributed by atoms with van der Waals surface area (Å²) in [6.07, 6.45) is 0.896.